The molecule has 0 aliphatic carbocycles. The van der Waals surface area contributed by atoms with E-state index in [1.807, 2.05) is 24.3 Å². The molecular weight excluding hydrogens is 411 g/mol. The first kappa shape index (κ1) is 22.4. The van der Waals surface area contributed by atoms with Gasteiger partial charge in [0.1, 0.15) is 23.8 Å². The standard InChI is InChI=1S/C23H22F3NO4/c1-30-20-13-21(23(24,25)26)27-19-10-9-16(12-18(19)20)14-31-17-7-4-6-15(11-17)5-2-3-8-22(28)29/h4,6-7,9-13H,2-3,5,8,14H2,1H3,(H,28,29). The van der Waals surface area contributed by atoms with E-state index in [-0.39, 0.29) is 24.3 Å². The third-order valence-corrected chi connectivity index (χ3v) is 4.76. The minimum absolute atomic E-state index is 0.0996. The van der Waals surface area contributed by atoms with Gasteiger partial charge in [-0.3, -0.25) is 4.79 Å². The Balaban J connectivity index is 1.70. The number of fused-ring (bicyclic) bond motifs is 1. The van der Waals surface area contributed by atoms with Crippen LogP contribution < -0.4 is 9.47 Å². The molecule has 0 saturated heterocycles. The van der Waals surface area contributed by atoms with E-state index in [1.54, 1.807) is 12.1 Å². The van der Waals surface area contributed by atoms with Crippen molar-refractivity contribution in [2.24, 2.45) is 0 Å². The quantitative estimate of drug-likeness (QED) is 0.443. The van der Waals surface area contributed by atoms with Gasteiger partial charge in [0.2, 0.25) is 0 Å². The highest BCUT2D eigenvalue weighted by molar-refractivity contribution is 5.86. The van der Waals surface area contributed by atoms with E-state index in [4.69, 9.17) is 14.6 Å². The number of benzene rings is 2. The van der Waals surface area contributed by atoms with Crippen LogP contribution in [0.4, 0.5) is 13.2 Å². The number of hydrogen-bond acceptors (Lipinski definition) is 4. The molecule has 1 heterocycles. The number of aryl methyl sites for hydroxylation is 1. The van der Waals surface area contributed by atoms with E-state index in [2.05, 4.69) is 4.98 Å². The zero-order valence-electron chi connectivity index (χ0n) is 16.9. The molecule has 0 unspecified atom stereocenters. The maximum Gasteiger partial charge on any atom is 0.433 e. The van der Waals surface area contributed by atoms with E-state index < -0.39 is 17.8 Å². The molecule has 0 aliphatic heterocycles. The molecular formula is C23H22F3NO4. The number of ether oxygens (including phenoxy) is 2. The number of carboxylic acids is 1. The van der Waals surface area contributed by atoms with Gasteiger partial charge in [-0.05, 0) is 54.7 Å². The summed E-state index contributed by atoms with van der Waals surface area (Å²) in [6, 6.07) is 13.3. The molecule has 31 heavy (non-hydrogen) atoms. The molecule has 2 aromatic carbocycles. The monoisotopic (exact) mass is 433 g/mol. The molecule has 1 aromatic heterocycles. The number of nitrogens with zero attached hydrogens (tertiary/aromatic N) is 1. The van der Waals surface area contributed by atoms with Gasteiger partial charge in [0.15, 0.2) is 0 Å². The lowest BCUT2D eigenvalue weighted by molar-refractivity contribution is -0.141. The molecule has 3 rings (SSSR count). The van der Waals surface area contributed by atoms with Crippen LogP contribution >= 0.6 is 0 Å². The molecule has 0 radical (unpaired) electrons. The number of hydrogen-bond donors (Lipinski definition) is 1. The molecule has 0 aliphatic rings. The predicted molar refractivity (Wildman–Crippen MR) is 109 cm³/mol. The molecule has 0 saturated carbocycles. The molecule has 1 N–H and O–H groups in total. The molecule has 8 heteroatoms. The van der Waals surface area contributed by atoms with Gasteiger partial charge in [0, 0.05) is 17.9 Å². The van der Waals surface area contributed by atoms with Crippen molar-refractivity contribution in [1.82, 2.24) is 4.98 Å². The Labute approximate surface area is 177 Å². The van der Waals surface area contributed by atoms with Crippen LogP contribution in [0.25, 0.3) is 10.9 Å². The summed E-state index contributed by atoms with van der Waals surface area (Å²) in [5, 5.41) is 9.18. The third kappa shape index (κ3) is 6.10. The topological polar surface area (TPSA) is 68.7 Å². The minimum Gasteiger partial charge on any atom is -0.496 e. The summed E-state index contributed by atoms with van der Waals surface area (Å²) in [5.41, 5.74) is 1.01. The second-order valence-electron chi connectivity index (χ2n) is 7.10. The Bertz CT molecular complexity index is 1070. The van der Waals surface area contributed by atoms with Crippen LogP contribution in [0.3, 0.4) is 0 Å². The van der Waals surface area contributed by atoms with Gasteiger partial charge in [-0.25, -0.2) is 4.98 Å². The summed E-state index contributed by atoms with van der Waals surface area (Å²) >= 11 is 0. The lowest BCUT2D eigenvalue weighted by Crippen LogP contribution is -2.08. The maximum absolute atomic E-state index is 13.0. The number of methoxy groups -OCH3 is 1. The largest absolute Gasteiger partial charge is 0.496 e. The number of alkyl halides is 3. The molecule has 164 valence electrons. The first-order chi connectivity index (χ1) is 14.8. The Hall–Kier alpha value is -3.29. The van der Waals surface area contributed by atoms with Crippen molar-refractivity contribution < 1.29 is 32.5 Å². The smallest absolute Gasteiger partial charge is 0.433 e. The van der Waals surface area contributed by atoms with E-state index in [0.29, 0.717) is 17.6 Å². The molecule has 0 bridgehead atoms. The van der Waals surface area contributed by atoms with Crippen molar-refractivity contribution in [1.29, 1.82) is 0 Å². The van der Waals surface area contributed by atoms with Crippen molar-refractivity contribution in [3.63, 3.8) is 0 Å². The lowest BCUT2D eigenvalue weighted by Gasteiger charge is -2.13. The second-order valence-corrected chi connectivity index (χ2v) is 7.10. The number of unbranched alkanes of at least 4 members (excludes halogenated alkanes) is 1. The number of carboxylic acid groups (broad SMARTS) is 1. The summed E-state index contributed by atoms with van der Waals surface area (Å²) in [6.07, 6.45) is -2.26. The van der Waals surface area contributed by atoms with Crippen molar-refractivity contribution in [3.8, 4) is 11.5 Å². The fourth-order valence-corrected chi connectivity index (χ4v) is 3.21. The van der Waals surface area contributed by atoms with Gasteiger partial charge < -0.3 is 14.6 Å². The highest BCUT2D eigenvalue weighted by Gasteiger charge is 2.33. The molecule has 0 amide bonds. The molecule has 0 spiro atoms. The number of aliphatic carboxylic acids is 1. The zero-order chi connectivity index (χ0) is 22.4. The number of aromatic nitrogens is 1. The average Bonchev–Trinajstić information content (AvgIpc) is 2.74. The van der Waals surface area contributed by atoms with Gasteiger partial charge in [-0.2, -0.15) is 13.2 Å². The molecule has 0 atom stereocenters. The summed E-state index contributed by atoms with van der Waals surface area (Å²) in [5.74, 6) is -0.0372. The number of halogens is 3. The Kier molecular flexibility index (Phi) is 6.99. The minimum atomic E-state index is -4.55. The summed E-state index contributed by atoms with van der Waals surface area (Å²) in [6.45, 7) is 0.225. The van der Waals surface area contributed by atoms with Crippen molar-refractivity contribution in [2.75, 3.05) is 7.11 Å². The maximum atomic E-state index is 13.0. The van der Waals surface area contributed by atoms with Crippen LogP contribution in [0.2, 0.25) is 0 Å². The fraction of sp³-hybridized carbons (Fsp3) is 0.304. The first-order valence-electron chi connectivity index (χ1n) is 9.74. The highest BCUT2D eigenvalue weighted by atomic mass is 19.4. The van der Waals surface area contributed by atoms with Gasteiger partial charge in [0.05, 0.1) is 12.6 Å². The van der Waals surface area contributed by atoms with E-state index in [1.165, 1.54) is 13.2 Å². The van der Waals surface area contributed by atoms with E-state index >= 15 is 0 Å². The fourth-order valence-electron chi connectivity index (χ4n) is 3.21. The van der Waals surface area contributed by atoms with Crippen LogP contribution in [0.5, 0.6) is 11.5 Å². The summed E-state index contributed by atoms with van der Waals surface area (Å²) in [7, 11) is 1.32. The normalized spacial score (nSPS) is 11.5. The van der Waals surface area contributed by atoms with Crippen molar-refractivity contribution in [2.45, 2.75) is 38.5 Å². The van der Waals surface area contributed by atoms with Crippen molar-refractivity contribution >= 4 is 16.9 Å². The number of pyridine rings is 1. The van der Waals surface area contributed by atoms with Gasteiger partial charge >= 0.3 is 12.1 Å². The van der Waals surface area contributed by atoms with E-state index in [9.17, 15) is 18.0 Å². The van der Waals surface area contributed by atoms with Crippen LogP contribution in [-0.4, -0.2) is 23.2 Å². The lowest BCUT2D eigenvalue weighted by atomic mass is 10.1. The summed E-state index contributed by atoms with van der Waals surface area (Å²) < 4.78 is 50.0. The van der Waals surface area contributed by atoms with Gasteiger partial charge in [-0.1, -0.05) is 18.2 Å². The van der Waals surface area contributed by atoms with Crippen LogP contribution in [0.15, 0.2) is 48.5 Å². The second kappa shape index (κ2) is 9.68. The average molecular weight is 433 g/mol. The first-order valence-corrected chi connectivity index (χ1v) is 9.74. The van der Waals surface area contributed by atoms with Crippen LogP contribution in [-0.2, 0) is 24.0 Å². The Morgan fingerprint density at radius 1 is 1.06 bits per heavy atom. The zero-order valence-corrected chi connectivity index (χ0v) is 16.9. The summed E-state index contributed by atoms with van der Waals surface area (Å²) in [4.78, 5) is 14.3. The van der Waals surface area contributed by atoms with Crippen LogP contribution in [0.1, 0.15) is 36.1 Å². The molecule has 5 nitrogen and oxygen atoms in total. The molecule has 3 aromatic rings. The molecule has 0 fully saturated rings. The number of carbonyl (C=O) groups is 1. The highest BCUT2D eigenvalue weighted by Crippen LogP contribution is 2.34. The third-order valence-electron chi connectivity index (χ3n) is 4.76. The van der Waals surface area contributed by atoms with Crippen LogP contribution in [0, 0.1) is 0 Å². The Morgan fingerprint density at radius 2 is 1.87 bits per heavy atom. The van der Waals surface area contributed by atoms with Gasteiger partial charge in [-0.15, -0.1) is 0 Å². The predicted octanol–water partition coefficient (Wildman–Crippen LogP) is 5.64. The SMILES string of the molecule is COc1cc(C(F)(F)F)nc2ccc(COc3cccc(CCCCC(=O)O)c3)cc12. The van der Waals surface area contributed by atoms with Crippen molar-refractivity contribution in [3.05, 3.63) is 65.4 Å². The van der Waals surface area contributed by atoms with Gasteiger partial charge in [0.25, 0.3) is 0 Å². The van der Waals surface area contributed by atoms with E-state index in [0.717, 1.165) is 30.0 Å². The number of rotatable bonds is 9. The Morgan fingerprint density at radius 3 is 2.58 bits per heavy atom.